The zero-order valence-corrected chi connectivity index (χ0v) is 32.7. The van der Waals surface area contributed by atoms with Gasteiger partial charge in [-0.1, -0.05) is 162 Å². The van der Waals surface area contributed by atoms with Crippen LogP contribution in [-0.4, -0.2) is 21.3 Å². The number of thioether (sulfide) groups is 4. The molecule has 0 aromatic heterocycles. The van der Waals surface area contributed by atoms with E-state index in [0.29, 0.717) is 0 Å². The van der Waals surface area contributed by atoms with Gasteiger partial charge >= 0.3 is 0 Å². The summed E-state index contributed by atoms with van der Waals surface area (Å²) in [6.45, 7) is 0. The van der Waals surface area contributed by atoms with E-state index in [1.165, 1.54) is 128 Å². The summed E-state index contributed by atoms with van der Waals surface area (Å²) in [7, 11) is 0. The molecule has 0 atom stereocenters. The number of halogens is 4. The average Bonchev–Trinajstić information content (AvgIpc) is 3.52. The van der Waals surface area contributed by atoms with Crippen LogP contribution in [-0.2, 0) is 0 Å². The van der Waals surface area contributed by atoms with Gasteiger partial charge in [-0.2, -0.15) is 0 Å². The third-order valence-corrected chi connectivity index (χ3v) is 15.2. The van der Waals surface area contributed by atoms with Crippen LogP contribution in [0.1, 0.15) is 128 Å². The van der Waals surface area contributed by atoms with Gasteiger partial charge in [0.25, 0.3) is 0 Å². The zero-order chi connectivity index (χ0) is 27.3. The van der Waals surface area contributed by atoms with Gasteiger partial charge in [-0.3, -0.25) is 0 Å². The van der Waals surface area contributed by atoms with Gasteiger partial charge in [0.2, 0.25) is 0 Å². The molecular weight excluding hydrogens is 808 g/mol. The van der Waals surface area contributed by atoms with E-state index in [1.807, 2.05) is 0 Å². The van der Waals surface area contributed by atoms with Crippen LogP contribution in [0, 0.1) is 0 Å². The molecule has 2 rings (SSSR count). The molecule has 0 aromatic carbocycles. The van der Waals surface area contributed by atoms with Crippen molar-refractivity contribution in [1.29, 1.82) is 0 Å². The number of rotatable bonds is 24. The zero-order valence-electron chi connectivity index (χ0n) is 23.1. The fourth-order valence-electron chi connectivity index (χ4n) is 4.58. The van der Waals surface area contributed by atoms with Crippen molar-refractivity contribution < 1.29 is 0 Å². The maximum absolute atomic E-state index is 3.59. The molecule has 8 heteroatoms. The molecule has 0 spiro atoms. The number of allylic oxidation sites excluding steroid dienone is 4. The van der Waals surface area contributed by atoms with Gasteiger partial charge in [0.05, 0.1) is 8.47 Å². The lowest BCUT2D eigenvalue weighted by molar-refractivity contribution is 0.666. The van der Waals surface area contributed by atoms with E-state index < -0.39 is 0 Å². The van der Waals surface area contributed by atoms with Crippen LogP contribution in [0.5, 0.6) is 0 Å². The molecule has 0 radical (unpaired) electrons. The van der Waals surface area contributed by atoms with Crippen LogP contribution in [0.4, 0.5) is 0 Å². The van der Waals surface area contributed by atoms with E-state index in [9.17, 15) is 0 Å². The highest BCUT2D eigenvalue weighted by Crippen LogP contribution is 2.62. The molecule has 2 aliphatic rings. The second-order valence-corrected chi connectivity index (χ2v) is 18.2. The summed E-state index contributed by atoms with van der Waals surface area (Å²) in [6.07, 6.45) is 26.7. The third-order valence-electron chi connectivity index (χ3n) is 6.80. The molecule has 0 saturated carbocycles. The van der Waals surface area contributed by atoms with E-state index in [1.54, 1.807) is 28.1 Å². The molecule has 0 nitrogen and oxygen atoms in total. The van der Waals surface area contributed by atoms with Gasteiger partial charge in [0.15, 0.2) is 0 Å². The van der Waals surface area contributed by atoms with Crippen LogP contribution in [0.2, 0.25) is 0 Å². The largest absolute Gasteiger partial charge is 0.0928 e. The Hall–Kier alpha value is 2.54. The molecular formula is C30H48Br4S4. The Balaban J connectivity index is 2.00. The molecule has 0 bridgehead atoms. The first-order chi connectivity index (χ1) is 18.7. The van der Waals surface area contributed by atoms with Gasteiger partial charge in [0, 0.05) is 40.9 Å². The second kappa shape index (κ2) is 24.9. The molecule has 0 aromatic rings. The second-order valence-electron chi connectivity index (χ2n) is 10.1. The summed E-state index contributed by atoms with van der Waals surface area (Å²) in [5, 5.41) is 4.59. The minimum Gasteiger partial charge on any atom is -0.0928 e. The fourth-order valence-corrected chi connectivity index (χ4v) is 12.3. The minimum atomic E-state index is 1.15. The maximum Gasteiger partial charge on any atom is 0.0700 e. The maximum atomic E-state index is 3.59. The van der Waals surface area contributed by atoms with E-state index in [0.717, 1.165) is 21.3 Å². The van der Waals surface area contributed by atoms with E-state index >= 15 is 0 Å². The van der Waals surface area contributed by atoms with Gasteiger partial charge < -0.3 is 0 Å². The SMILES string of the molecule is BrCCCCCCC1=C(CCCCCCBr)SC(=C2SC(CCCCCCBr)=C(CCCCCCBr)S2)S1. The lowest BCUT2D eigenvalue weighted by atomic mass is 10.1. The first-order valence-electron chi connectivity index (χ1n) is 14.9. The molecule has 220 valence electrons. The minimum absolute atomic E-state index is 1.15. The first-order valence-corrected chi connectivity index (χ1v) is 22.6. The van der Waals surface area contributed by atoms with Crippen molar-refractivity contribution in [3.05, 3.63) is 28.1 Å². The Morgan fingerprint density at radius 3 is 0.711 bits per heavy atom. The lowest BCUT2D eigenvalue weighted by Crippen LogP contribution is -1.85. The van der Waals surface area contributed by atoms with Crippen molar-refractivity contribution >= 4 is 111 Å². The Labute approximate surface area is 285 Å². The van der Waals surface area contributed by atoms with Crippen molar-refractivity contribution in [1.82, 2.24) is 0 Å². The molecule has 0 saturated heterocycles. The average molecular weight is 857 g/mol. The lowest BCUT2D eigenvalue weighted by Gasteiger charge is -2.05. The van der Waals surface area contributed by atoms with Crippen LogP contribution < -0.4 is 0 Å². The molecule has 38 heavy (non-hydrogen) atoms. The van der Waals surface area contributed by atoms with Gasteiger partial charge in [-0.25, -0.2) is 0 Å². The Kier molecular flexibility index (Phi) is 24.1. The standard InChI is InChI=1S/C30H48Br4S4/c31-21-13-5-1-9-17-25-26(18-10-2-6-14-22-32)36-29(35-25)30-37-27(19-11-3-7-15-23-33)28(38-30)20-12-4-8-16-24-34/h1-24H2. The summed E-state index contributed by atoms with van der Waals surface area (Å²) in [5.74, 6) is 0. The molecule has 0 N–H and O–H groups in total. The Bertz CT molecular complexity index is 620. The third kappa shape index (κ3) is 15.8. The van der Waals surface area contributed by atoms with E-state index in [2.05, 4.69) is 111 Å². The summed E-state index contributed by atoms with van der Waals surface area (Å²) in [5.41, 5.74) is 0. The van der Waals surface area contributed by atoms with Crippen molar-refractivity contribution in [3.63, 3.8) is 0 Å². The number of unbranched alkanes of at least 4 members (excludes halogenated alkanes) is 12. The van der Waals surface area contributed by atoms with Crippen LogP contribution >= 0.6 is 111 Å². The number of alkyl halides is 4. The van der Waals surface area contributed by atoms with E-state index in [4.69, 9.17) is 0 Å². The molecule has 2 heterocycles. The predicted octanol–water partition coefficient (Wildman–Crippen LogP) is 14.9. The van der Waals surface area contributed by atoms with Gasteiger partial charge in [-0.15, -0.1) is 0 Å². The first kappa shape index (κ1) is 36.7. The monoisotopic (exact) mass is 852 g/mol. The van der Waals surface area contributed by atoms with Crippen molar-refractivity contribution in [2.45, 2.75) is 128 Å². The summed E-state index contributed by atoms with van der Waals surface area (Å²) < 4.78 is 3.22. The highest BCUT2D eigenvalue weighted by atomic mass is 79.9. The van der Waals surface area contributed by atoms with Gasteiger partial charge in [-0.05, 0) is 77.0 Å². The fraction of sp³-hybridized carbons (Fsp3) is 0.800. The Morgan fingerprint density at radius 1 is 0.289 bits per heavy atom. The van der Waals surface area contributed by atoms with Crippen LogP contribution in [0.3, 0.4) is 0 Å². The van der Waals surface area contributed by atoms with Crippen LogP contribution in [0.25, 0.3) is 0 Å². The van der Waals surface area contributed by atoms with Crippen LogP contribution in [0.15, 0.2) is 28.1 Å². The van der Waals surface area contributed by atoms with Crippen molar-refractivity contribution in [2.24, 2.45) is 0 Å². The van der Waals surface area contributed by atoms with E-state index in [-0.39, 0.29) is 0 Å². The molecule has 0 fully saturated rings. The topological polar surface area (TPSA) is 0 Å². The quantitative estimate of drug-likeness (QED) is 0.0700. The van der Waals surface area contributed by atoms with Crippen molar-refractivity contribution in [3.8, 4) is 0 Å². The highest BCUT2D eigenvalue weighted by molar-refractivity contribution is 9.09. The highest BCUT2D eigenvalue weighted by Gasteiger charge is 2.29. The normalized spacial score (nSPS) is 16.1. The van der Waals surface area contributed by atoms with Crippen molar-refractivity contribution in [2.75, 3.05) is 21.3 Å². The Morgan fingerprint density at radius 2 is 0.500 bits per heavy atom. The molecule has 0 amide bonds. The summed E-state index contributed by atoms with van der Waals surface area (Å²) >= 11 is 23.0. The number of hydrogen-bond acceptors (Lipinski definition) is 4. The number of hydrogen-bond donors (Lipinski definition) is 0. The molecule has 0 aliphatic carbocycles. The smallest absolute Gasteiger partial charge is 0.0700 e. The molecule has 0 unspecified atom stereocenters. The molecule has 2 aliphatic heterocycles. The predicted molar refractivity (Wildman–Crippen MR) is 199 cm³/mol. The summed E-state index contributed by atoms with van der Waals surface area (Å²) in [6, 6.07) is 0. The summed E-state index contributed by atoms with van der Waals surface area (Å²) in [4.78, 5) is 6.82. The van der Waals surface area contributed by atoms with Gasteiger partial charge in [0.1, 0.15) is 0 Å².